The number of carboxylic acids is 1. The number of morpholine rings is 1. The molecule has 8 nitrogen and oxygen atoms in total. The summed E-state index contributed by atoms with van der Waals surface area (Å²) in [6.07, 6.45) is 6.05. The summed E-state index contributed by atoms with van der Waals surface area (Å²) >= 11 is 6.34. The van der Waals surface area contributed by atoms with Crippen molar-refractivity contribution < 1.29 is 23.8 Å². The van der Waals surface area contributed by atoms with E-state index < -0.39 is 5.97 Å². The topological polar surface area (TPSA) is 88.0 Å². The van der Waals surface area contributed by atoms with Crippen LogP contribution < -0.4 is 9.64 Å². The van der Waals surface area contributed by atoms with Gasteiger partial charge in [-0.05, 0) is 54.7 Å². The molecule has 39 heavy (non-hydrogen) atoms. The molecule has 0 spiro atoms. The average molecular weight is 555 g/mol. The lowest BCUT2D eigenvalue weighted by atomic mass is 9.82. The van der Waals surface area contributed by atoms with E-state index in [0.29, 0.717) is 42.1 Å². The highest BCUT2D eigenvalue weighted by molar-refractivity contribution is 6.32. The summed E-state index contributed by atoms with van der Waals surface area (Å²) < 4.78 is 25.3. The van der Waals surface area contributed by atoms with Crippen LogP contribution in [0, 0.1) is 5.82 Å². The number of carbonyl (C=O) groups is 1. The molecule has 2 saturated heterocycles. The molecule has 1 N–H and O–H groups in total. The van der Waals surface area contributed by atoms with E-state index in [1.807, 2.05) is 6.07 Å². The van der Waals surface area contributed by atoms with E-state index in [0.717, 1.165) is 56.6 Å². The molecule has 0 amide bonds. The predicted molar refractivity (Wildman–Crippen MR) is 147 cm³/mol. The van der Waals surface area contributed by atoms with Crippen molar-refractivity contribution >= 4 is 23.5 Å². The summed E-state index contributed by atoms with van der Waals surface area (Å²) in [6.45, 7) is 5.21. The Balaban J connectivity index is 1.25. The zero-order valence-corrected chi connectivity index (χ0v) is 22.4. The molecule has 10 heteroatoms. The summed E-state index contributed by atoms with van der Waals surface area (Å²) in [6, 6.07) is 11.5. The van der Waals surface area contributed by atoms with Gasteiger partial charge >= 0.3 is 5.97 Å². The summed E-state index contributed by atoms with van der Waals surface area (Å²) in [5, 5.41) is 9.59. The Morgan fingerprint density at radius 3 is 2.49 bits per heavy atom. The van der Waals surface area contributed by atoms with Crippen molar-refractivity contribution in [2.75, 3.05) is 50.9 Å². The maximum atomic E-state index is 13.6. The first-order chi connectivity index (χ1) is 18.9. The molecule has 2 aliphatic rings. The average Bonchev–Trinajstić information content (AvgIpc) is 2.95. The number of nitrogens with zero attached hydrogens (tertiary/aromatic N) is 4. The number of aliphatic carboxylic acids is 1. The Bertz CT molecular complexity index is 1280. The number of anilines is 1. The van der Waals surface area contributed by atoms with E-state index in [-0.39, 0.29) is 17.8 Å². The van der Waals surface area contributed by atoms with Crippen molar-refractivity contribution in [1.82, 2.24) is 14.9 Å². The summed E-state index contributed by atoms with van der Waals surface area (Å²) in [5.74, 6) is 0.000867. The molecule has 0 bridgehead atoms. The first-order valence-electron chi connectivity index (χ1n) is 13.2. The third kappa shape index (κ3) is 6.66. The molecule has 206 valence electrons. The number of aromatic nitrogens is 2. The van der Waals surface area contributed by atoms with Crippen LogP contribution in [-0.4, -0.2) is 77.5 Å². The van der Waals surface area contributed by atoms with Gasteiger partial charge in [0.2, 0.25) is 5.95 Å². The Kier molecular flexibility index (Phi) is 8.60. The van der Waals surface area contributed by atoms with Gasteiger partial charge in [0.15, 0.2) is 0 Å². The Morgan fingerprint density at radius 2 is 1.79 bits per heavy atom. The van der Waals surface area contributed by atoms with E-state index in [9.17, 15) is 9.18 Å². The SMILES string of the molecule is O=C(O)Cc1ccc(Cl)c(OCCC2(N3CCOCC3)CCN(c3ncc(-c4cccc(F)c4)cn3)CC2)c1. The first kappa shape index (κ1) is 27.3. The van der Waals surface area contributed by atoms with Gasteiger partial charge in [-0.25, -0.2) is 14.4 Å². The normalized spacial score (nSPS) is 17.6. The van der Waals surface area contributed by atoms with Crippen LogP contribution in [-0.2, 0) is 16.0 Å². The van der Waals surface area contributed by atoms with Crippen molar-refractivity contribution in [2.45, 2.75) is 31.2 Å². The van der Waals surface area contributed by atoms with Gasteiger partial charge in [-0.1, -0.05) is 29.8 Å². The first-order valence-corrected chi connectivity index (χ1v) is 13.6. The van der Waals surface area contributed by atoms with Crippen LogP contribution in [0.2, 0.25) is 5.02 Å². The number of rotatable bonds is 9. The zero-order chi connectivity index (χ0) is 27.2. The molecule has 5 rings (SSSR count). The number of piperidine rings is 1. The highest BCUT2D eigenvalue weighted by atomic mass is 35.5. The van der Waals surface area contributed by atoms with Crippen LogP contribution in [0.4, 0.5) is 10.3 Å². The molecule has 3 heterocycles. The van der Waals surface area contributed by atoms with Crippen molar-refractivity contribution in [3.63, 3.8) is 0 Å². The number of benzene rings is 2. The second kappa shape index (κ2) is 12.3. The highest BCUT2D eigenvalue weighted by Crippen LogP contribution is 2.35. The van der Waals surface area contributed by atoms with E-state index in [1.165, 1.54) is 12.1 Å². The number of ether oxygens (including phenoxy) is 2. The molecule has 0 atom stereocenters. The van der Waals surface area contributed by atoms with E-state index in [1.54, 1.807) is 36.7 Å². The lowest BCUT2D eigenvalue weighted by Crippen LogP contribution is -2.59. The summed E-state index contributed by atoms with van der Waals surface area (Å²) in [5.41, 5.74) is 2.12. The van der Waals surface area contributed by atoms with Crippen molar-refractivity contribution in [3.8, 4) is 16.9 Å². The Hall–Kier alpha value is -3.27. The molecule has 0 radical (unpaired) electrons. The smallest absolute Gasteiger partial charge is 0.307 e. The minimum Gasteiger partial charge on any atom is -0.492 e. The predicted octanol–water partition coefficient (Wildman–Crippen LogP) is 4.70. The van der Waals surface area contributed by atoms with Gasteiger partial charge < -0.3 is 19.5 Å². The molecule has 2 aromatic carbocycles. The molecule has 2 aliphatic heterocycles. The summed E-state index contributed by atoms with van der Waals surface area (Å²) in [7, 11) is 0. The largest absolute Gasteiger partial charge is 0.492 e. The van der Waals surface area contributed by atoms with Gasteiger partial charge in [-0.3, -0.25) is 9.69 Å². The summed E-state index contributed by atoms with van der Waals surface area (Å²) in [4.78, 5) is 25.0. The van der Waals surface area contributed by atoms with Crippen molar-refractivity contribution in [2.24, 2.45) is 0 Å². The lowest BCUT2D eigenvalue weighted by Gasteiger charge is -2.50. The number of halogens is 2. The fourth-order valence-corrected chi connectivity index (χ4v) is 5.65. The third-order valence-electron chi connectivity index (χ3n) is 7.63. The number of carboxylic acid groups (broad SMARTS) is 1. The van der Waals surface area contributed by atoms with Crippen molar-refractivity contribution in [3.05, 3.63) is 71.3 Å². The fourth-order valence-electron chi connectivity index (χ4n) is 5.48. The number of hydrogen-bond acceptors (Lipinski definition) is 7. The quantitative estimate of drug-likeness (QED) is 0.407. The Morgan fingerprint density at radius 1 is 1.05 bits per heavy atom. The van der Waals surface area contributed by atoms with E-state index in [4.69, 9.17) is 26.2 Å². The maximum Gasteiger partial charge on any atom is 0.307 e. The number of hydrogen-bond donors (Lipinski definition) is 1. The van der Waals surface area contributed by atoms with Gasteiger partial charge in [-0.15, -0.1) is 0 Å². The molecule has 0 saturated carbocycles. The second-order valence-electron chi connectivity index (χ2n) is 10.0. The fraction of sp³-hybridized carbons (Fsp3) is 0.414. The van der Waals surface area contributed by atoms with E-state index in [2.05, 4.69) is 19.8 Å². The second-order valence-corrected chi connectivity index (χ2v) is 10.4. The minimum absolute atomic E-state index is 0.0626. The molecule has 0 aliphatic carbocycles. The van der Waals surface area contributed by atoms with Crippen LogP contribution >= 0.6 is 11.6 Å². The van der Waals surface area contributed by atoms with Gasteiger partial charge in [-0.2, -0.15) is 0 Å². The highest BCUT2D eigenvalue weighted by Gasteiger charge is 2.40. The zero-order valence-electron chi connectivity index (χ0n) is 21.7. The van der Waals surface area contributed by atoms with Crippen LogP contribution in [0.25, 0.3) is 11.1 Å². The van der Waals surface area contributed by atoms with Gasteiger partial charge in [0.1, 0.15) is 11.6 Å². The van der Waals surface area contributed by atoms with Crippen molar-refractivity contribution in [1.29, 1.82) is 0 Å². The minimum atomic E-state index is -0.895. The lowest BCUT2D eigenvalue weighted by molar-refractivity contribution is -0.136. The molecule has 1 aromatic heterocycles. The monoisotopic (exact) mass is 554 g/mol. The van der Waals surface area contributed by atoms with Crippen LogP contribution in [0.3, 0.4) is 0 Å². The molecule has 3 aromatic rings. The molecule has 0 unspecified atom stereocenters. The third-order valence-corrected chi connectivity index (χ3v) is 7.94. The Labute approximate surface area is 232 Å². The molecule has 2 fully saturated rings. The maximum absolute atomic E-state index is 13.6. The van der Waals surface area contributed by atoms with Gasteiger partial charge in [0.25, 0.3) is 0 Å². The molecular formula is C29H32ClFN4O4. The standard InChI is InChI=1S/C29H32ClFN4O4/c30-25-5-4-21(17-27(36)37)16-26(25)39-13-8-29(35-11-14-38-15-12-35)6-9-34(10-7-29)28-32-19-23(20-33-28)22-2-1-3-24(31)18-22/h1-5,16,18-20H,6-15,17H2,(H,36,37). The van der Waals surface area contributed by atoms with Crippen LogP contribution in [0.1, 0.15) is 24.8 Å². The molecular weight excluding hydrogens is 523 g/mol. The van der Waals surface area contributed by atoms with Gasteiger partial charge in [0.05, 0.1) is 31.3 Å². The van der Waals surface area contributed by atoms with Crippen LogP contribution in [0.15, 0.2) is 54.9 Å². The van der Waals surface area contributed by atoms with Crippen LogP contribution in [0.5, 0.6) is 5.75 Å². The van der Waals surface area contributed by atoms with Gasteiger partial charge in [0, 0.05) is 49.7 Å². The van der Waals surface area contributed by atoms with E-state index >= 15 is 0 Å².